The van der Waals surface area contributed by atoms with E-state index in [9.17, 15) is 0 Å². The molecule has 0 aromatic carbocycles. The van der Waals surface area contributed by atoms with Crippen LogP contribution in [-0.4, -0.2) is 19.9 Å². The number of aromatic nitrogens is 4. The summed E-state index contributed by atoms with van der Waals surface area (Å²) in [6.45, 7) is 0. The van der Waals surface area contributed by atoms with Gasteiger partial charge in [0.25, 0.3) is 0 Å². The molecule has 0 aliphatic carbocycles. The van der Waals surface area contributed by atoms with Gasteiger partial charge in [-0.05, 0) is 12.1 Å². The van der Waals surface area contributed by atoms with Crippen LogP contribution in [0, 0.1) is 0 Å². The molecule has 0 unspecified atom stereocenters. The Labute approximate surface area is 103 Å². The van der Waals surface area contributed by atoms with E-state index in [-0.39, 0.29) is 0 Å². The lowest BCUT2D eigenvalue weighted by Gasteiger charge is -2.01. The van der Waals surface area contributed by atoms with Gasteiger partial charge < -0.3 is 0 Å². The van der Waals surface area contributed by atoms with Crippen LogP contribution < -0.4 is 0 Å². The second-order valence-electron chi connectivity index (χ2n) is 3.01. The average Bonchev–Trinajstić information content (AvgIpc) is 2.39. The number of nitrogens with zero attached hydrogens (tertiary/aromatic N) is 4. The van der Waals surface area contributed by atoms with E-state index in [1.165, 1.54) is 0 Å². The van der Waals surface area contributed by atoms with Crippen molar-refractivity contribution in [3.8, 4) is 11.6 Å². The Balaban J connectivity index is 2.41. The maximum Gasteiger partial charge on any atom is 0.197 e. The Morgan fingerprint density at radius 1 is 0.812 bits per heavy atom. The zero-order valence-electron chi connectivity index (χ0n) is 8.27. The van der Waals surface area contributed by atoms with Crippen LogP contribution >= 0.6 is 23.2 Å². The van der Waals surface area contributed by atoms with Gasteiger partial charge in [-0.1, -0.05) is 0 Å². The van der Waals surface area contributed by atoms with Crippen LogP contribution in [-0.2, 0) is 11.8 Å². The molecule has 0 amide bonds. The number of halogens is 2. The summed E-state index contributed by atoms with van der Waals surface area (Å²) in [4.78, 5) is 16.6. The first-order valence-corrected chi connectivity index (χ1v) is 5.66. The van der Waals surface area contributed by atoms with E-state index in [1.54, 1.807) is 24.5 Å². The van der Waals surface area contributed by atoms with Gasteiger partial charge in [0, 0.05) is 12.4 Å². The van der Waals surface area contributed by atoms with Gasteiger partial charge in [0.1, 0.15) is 0 Å². The van der Waals surface area contributed by atoms with Crippen LogP contribution in [0.15, 0.2) is 24.5 Å². The minimum absolute atomic E-state index is 0.338. The highest BCUT2D eigenvalue weighted by molar-refractivity contribution is 6.17. The van der Waals surface area contributed by atoms with Crippen molar-refractivity contribution < 1.29 is 0 Å². The lowest BCUT2D eigenvalue weighted by atomic mass is 10.4. The maximum absolute atomic E-state index is 5.69. The Morgan fingerprint density at radius 2 is 1.25 bits per heavy atom. The van der Waals surface area contributed by atoms with Crippen molar-refractivity contribution >= 4 is 23.2 Å². The predicted molar refractivity (Wildman–Crippen MR) is 62.2 cm³/mol. The molecule has 0 radical (unpaired) electrons. The molecular formula is C10H8Cl2N4. The van der Waals surface area contributed by atoms with Crippen molar-refractivity contribution in [2.75, 3.05) is 0 Å². The van der Waals surface area contributed by atoms with Gasteiger partial charge >= 0.3 is 0 Å². The monoisotopic (exact) mass is 254 g/mol. The van der Waals surface area contributed by atoms with E-state index in [2.05, 4.69) is 19.9 Å². The second kappa shape index (κ2) is 5.18. The molecule has 0 bridgehead atoms. The molecule has 2 heterocycles. The third-order valence-corrected chi connectivity index (χ3v) is 2.45. The van der Waals surface area contributed by atoms with Crippen LogP contribution in [0.1, 0.15) is 11.4 Å². The first-order chi connectivity index (χ1) is 7.83. The summed E-state index contributed by atoms with van der Waals surface area (Å²) in [5, 5.41) is 0. The SMILES string of the molecule is ClCc1ccnc(-c2nccc(CCl)n2)n1. The number of hydrogen-bond donors (Lipinski definition) is 0. The van der Waals surface area contributed by atoms with Gasteiger partial charge in [-0.15, -0.1) is 23.2 Å². The average molecular weight is 255 g/mol. The summed E-state index contributed by atoms with van der Waals surface area (Å²) in [5.41, 5.74) is 1.48. The molecule has 0 spiro atoms. The zero-order valence-corrected chi connectivity index (χ0v) is 9.78. The van der Waals surface area contributed by atoms with E-state index >= 15 is 0 Å². The van der Waals surface area contributed by atoms with E-state index in [1.807, 2.05) is 0 Å². The van der Waals surface area contributed by atoms with Crippen molar-refractivity contribution in [3.05, 3.63) is 35.9 Å². The normalized spacial score (nSPS) is 10.4. The van der Waals surface area contributed by atoms with Gasteiger partial charge in [0.2, 0.25) is 0 Å². The predicted octanol–water partition coefficient (Wildman–Crippen LogP) is 2.41. The number of hydrogen-bond acceptors (Lipinski definition) is 4. The topological polar surface area (TPSA) is 51.6 Å². The quantitative estimate of drug-likeness (QED) is 0.790. The summed E-state index contributed by atoms with van der Waals surface area (Å²) in [5.74, 6) is 1.60. The van der Waals surface area contributed by atoms with Gasteiger partial charge in [-0.3, -0.25) is 0 Å². The Morgan fingerprint density at radius 3 is 1.62 bits per heavy atom. The van der Waals surface area contributed by atoms with Gasteiger partial charge in [-0.2, -0.15) is 0 Å². The van der Waals surface area contributed by atoms with Crippen molar-refractivity contribution in [2.45, 2.75) is 11.8 Å². The van der Waals surface area contributed by atoms with Gasteiger partial charge in [0.15, 0.2) is 11.6 Å². The van der Waals surface area contributed by atoms with E-state index < -0.39 is 0 Å². The summed E-state index contributed by atoms with van der Waals surface area (Å²) in [6, 6.07) is 3.50. The molecule has 0 atom stereocenters. The highest BCUT2D eigenvalue weighted by Gasteiger charge is 2.06. The summed E-state index contributed by atoms with van der Waals surface area (Å²) in [7, 11) is 0. The smallest absolute Gasteiger partial charge is 0.197 e. The van der Waals surface area contributed by atoms with Crippen LogP contribution in [0.3, 0.4) is 0 Å². The number of rotatable bonds is 3. The van der Waals surface area contributed by atoms with Gasteiger partial charge in [-0.25, -0.2) is 19.9 Å². The molecule has 82 valence electrons. The largest absolute Gasteiger partial charge is 0.234 e. The molecule has 0 aliphatic rings. The van der Waals surface area contributed by atoms with Crippen molar-refractivity contribution in [1.29, 1.82) is 0 Å². The number of alkyl halides is 2. The Hall–Kier alpha value is -1.26. The molecule has 2 aromatic rings. The highest BCUT2D eigenvalue weighted by atomic mass is 35.5. The minimum Gasteiger partial charge on any atom is -0.234 e. The fourth-order valence-electron chi connectivity index (χ4n) is 1.16. The molecule has 0 N–H and O–H groups in total. The molecule has 0 fully saturated rings. The van der Waals surface area contributed by atoms with E-state index in [0.717, 1.165) is 11.4 Å². The lowest BCUT2D eigenvalue weighted by molar-refractivity contribution is 1.02. The van der Waals surface area contributed by atoms with Crippen LogP contribution in [0.2, 0.25) is 0 Å². The highest BCUT2D eigenvalue weighted by Crippen LogP contribution is 2.11. The standard InChI is InChI=1S/C10H8Cl2N4/c11-5-7-1-3-13-9(15-7)10-14-4-2-8(6-12)16-10/h1-4H,5-6H2. The molecule has 2 aromatic heterocycles. The van der Waals surface area contributed by atoms with Crippen molar-refractivity contribution in [3.63, 3.8) is 0 Å². The summed E-state index contributed by atoms with van der Waals surface area (Å²) >= 11 is 11.4. The minimum atomic E-state index is 0.338. The first kappa shape index (κ1) is 11.2. The lowest BCUT2D eigenvalue weighted by Crippen LogP contribution is -1.98. The molecule has 0 aliphatic heterocycles. The molecule has 0 saturated heterocycles. The van der Waals surface area contributed by atoms with E-state index in [0.29, 0.717) is 23.4 Å². The molecule has 6 heteroatoms. The molecule has 4 nitrogen and oxygen atoms in total. The fourth-order valence-corrected chi connectivity index (χ4v) is 1.45. The Bertz CT molecular complexity index is 444. The molecule has 2 rings (SSSR count). The first-order valence-electron chi connectivity index (χ1n) is 4.59. The van der Waals surface area contributed by atoms with Crippen LogP contribution in [0.4, 0.5) is 0 Å². The van der Waals surface area contributed by atoms with E-state index in [4.69, 9.17) is 23.2 Å². The maximum atomic E-state index is 5.69. The third kappa shape index (κ3) is 2.46. The van der Waals surface area contributed by atoms with Gasteiger partial charge in [0.05, 0.1) is 23.1 Å². The van der Waals surface area contributed by atoms with Crippen LogP contribution in [0.5, 0.6) is 0 Å². The fraction of sp³-hybridized carbons (Fsp3) is 0.200. The van der Waals surface area contributed by atoms with Crippen molar-refractivity contribution in [2.24, 2.45) is 0 Å². The summed E-state index contributed by atoms with van der Waals surface area (Å²) < 4.78 is 0. The second-order valence-corrected chi connectivity index (χ2v) is 3.54. The van der Waals surface area contributed by atoms with Crippen molar-refractivity contribution in [1.82, 2.24) is 19.9 Å². The third-order valence-electron chi connectivity index (χ3n) is 1.90. The Kier molecular flexibility index (Phi) is 3.64. The van der Waals surface area contributed by atoms with Crippen LogP contribution in [0.25, 0.3) is 11.6 Å². The zero-order chi connectivity index (χ0) is 11.4. The molecular weight excluding hydrogens is 247 g/mol. The molecule has 16 heavy (non-hydrogen) atoms. The molecule has 0 saturated carbocycles. The summed E-state index contributed by atoms with van der Waals surface area (Å²) in [6.07, 6.45) is 3.27.